The lowest BCUT2D eigenvalue weighted by atomic mass is 10.1. The summed E-state index contributed by atoms with van der Waals surface area (Å²) in [4.78, 5) is 21.5. The number of ether oxygens (including phenoxy) is 3. The lowest BCUT2D eigenvalue weighted by Gasteiger charge is -2.20. The molecule has 6 heteroatoms. The number of aliphatic hydroxyl groups is 1. The lowest BCUT2D eigenvalue weighted by Crippen LogP contribution is -2.39. The van der Waals surface area contributed by atoms with Crippen LogP contribution < -0.4 is 0 Å². The van der Waals surface area contributed by atoms with Gasteiger partial charge in [-0.1, -0.05) is 0 Å². The number of carbonyl (C=O) groups excluding carboxylic acids is 2. The number of carbonyl (C=O) groups is 2. The zero-order valence-electron chi connectivity index (χ0n) is 8.80. The van der Waals surface area contributed by atoms with Gasteiger partial charge in [-0.15, -0.1) is 0 Å². The molecule has 0 radical (unpaired) electrons. The van der Waals surface area contributed by atoms with Gasteiger partial charge in [-0.3, -0.25) is 9.59 Å². The van der Waals surface area contributed by atoms with Crippen molar-refractivity contribution in [2.24, 2.45) is 0 Å². The van der Waals surface area contributed by atoms with E-state index in [2.05, 4.69) is 0 Å². The zero-order valence-corrected chi connectivity index (χ0v) is 8.80. The van der Waals surface area contributed by atoms with Gasteiger partial charge >= 0.3 is 11.9 Å². The highest BCUT2D eigenvalue weighted by Crippen LogP contribution is 2.25. The second kappa shape index (κ2) is 4.59. The van der Waals surface area contributed by atoms with E-state index in [-0.39, 0.29) is 0 Å². The van der Waals surface area contributed by atoms with Crippen LogP contribution in [-0.4, -0.2) is 41.6 Å². The summed E-state index contributed by atoms with van der Waals surface area (Å²) in [6.07, 6.45) is -3.48. The summed E-state index contributed by atoms with van der Waals surface area (Å²) in [6.45, 7) is 4.07. The van der Waals surface area contributed by atoms with Gasteiger partial charge in [0.05, 0.1) is 6.10 Å². The van der Waals surface area contributed by atoms with E-state index in [1.807, 2.05) is 0 Å². The third-order valence-electron chi connectivity index (χ3n) is 2.03. The molecule has 6 nitrogen and oxygen atoms in total. The fourth-order valence-electron chi connectivity index (χ4n) is 1.48. The average Bonchev–Trinajstić information content (AvgIpc) is 2.30. The van der Waals surface area contributed by atoms with Crippen LogP contribution in [0.3, 0.4) is 0 Å². The summed E-state index contributed by atoms with van der Waals surface area (Å²) >= 11 is 0. The van der Waals surface area contributed by atoms with E-state index in [0.29, 0.717) is 0 Å². The van der Waals surface area contributed by atoms with Crippen molar-refractivity contribution in [3.05, 3.63) is 0 Å². The summed E-state index contributed by atoms with van der Waals surface area (Å²) < 4.78 is 14.7. The standard InChI is InChI=1S/C9H14O6/c1-4-7(14-5(2)10)8(9(12)13-4)15-6(3)11/h4,7-9,12H,1-3H3/t4-,7-,8?,9-/m1/s1. The molecule has 0 aromatic heterocycles. The zero-order chi connectivity index (χ0) is 11.6. The molecule has 0 spiro atoms. The number of rotatable bonds is 2. The lowest BCUT2D eigenvalue weighted by molar-refractivity contribution is -0.174. The van der Waals surface area contributed by atoms with Crippen LogP contribution in [0, 0.1) is 0 Å². The number of hydrogen-bond acceptors (Lipinski definition) is 6. The first-order valence-corrected chi connectivity index (χ1v) is 4.59. The molecule has 0 aliphatic carbocycles. The summed E-state index contributed by atoms with van der Waals surface area (Å²) in [5, 5.41) is 9.40. The highest BCUT2D eigenvalue weighted by atomic mass is 16.7. The van der Waals surface area contributed by atoms with Gasteiger partial charge in [0.2, 0.25) is 0 Å². The van der Waals surface area contributed by atoms with E-state index in [1.165, 1.54) is 13.8 Å². The molecule has 0 saturated carbocycles. The molecule has 15 heavy (non-hydrogen) atoms. The molecular formula is C9H14O6. The minimum Gasteiger partial charge on any atom is -0.456 e. The van der Waals surface area contributed by atoms with Crippen molar-refractivity contribution in [1.82, 2.24) is 0 Å². The average molecular weight is 218 g/mol. The smallest absolute Gasteiger partial charge is 0.303 e. The fraction of sp³-hybridized carbons (Fsp3) is 0.778. The van der Waals surface area contributed by atoms with Crippen LogP contribution in [0.25, 0.3) is 0 Å². The molecule has 0 aromatic carbocycles. The molecule has 0 bridgehead atoms. The van der Waals surface area contributed by atoms with Crippen LogP contribution >= 0.6 is 0 Å². The van der Waals surface area contributed by atoms with Crippen molar-refractivity contribution in [3.63, 3.8) is 0 Å². The monoisotopic (exact) mass is 218 g/mol. The molecule has 1 N–H and O–H groups in total. The Kier molecular flexibility index (Phi) is 3.65. The van der Waals surface area contributed by atoms with Gasteiger partial charge in [-0.05, 0) is 6.92 Å². The highest BCUT2D eigenvalue weighted by molar-refractivity contribution is 5.67. The third-order valence-corrected chi connectivity index (χ3v) is 2.03. The molecular weight excluding hydrogens is 204 g/mol. The van der Waals surface area contributed by atoms with E-state index in [1.54, 1.807) is 6.92 Å². The molecule has 1 aliphatic rings. The minimum atomic E-state index is -1.26. The normalized spacial score (nSPS) is 34.9. The minimum absolute atomic E-state index is 0.506. The quantitative estimate of drug-likeness (QED) is 0.634. The van der Waals surface area contributed by atoms with Crippen LogP contribution in [0.5, 0.6) is 0 Å². The summed E-state index contributed by atoms with van der Waals surface area (Å²) in [5.41, 5.74) is 0. The Morgan fingerprint density at radius 2 is 1.60 bits per heavy atom. The Morgan fingerprint density at radius 1 is 1.13 bits per heavy atom. The molecule has 1 heterocycles. The summed E-state index contributed by atoms with van der Waals surface area (Å²) in [6, 6.07) is 0. The van der Waals surface area contributed by atoms with Gasteiger partial charge in [0, 0.05) is 13.8 Å². The van der Waals surface area contributed by atoms with E-state index < -0.39 is 36.5 Å². The van der Waals surface area contributed by atoms with Crippen LogP contribution in [0.2, 0.25) is 0 Å². The van der Waals surface area contributed by atoms with Crippen molar-refractivity contribution in [2.45, 2.75) is 45.4 Å². The first-order chi connectivity index (χ1) is 6.91. The highest BCUT2D eigenvalue weighted by Gasteiger charge is 2.46. The van der Waals surface area contributed by atoms with Crippen molar-refractivity contribution in [2.75, 3.05) is 0 Å². The first kappa shape index (κ1) is 11.9. The van der Waals surface area contributed by atoms with Gasteiger partial charge in [-0.25, -0.2) is 0 Å². The van der Waals surface area contributed by atoms with Crippen LogP contribution in [0.1, 0.15) is 20.8 Å². The Bertz CT molecular complexity index is 237. The maximum atomic E-state index is 10.8. The molecule has 4 atom stereocenters. The molecule has 1 fully saturated rings. The Balaban J connectivity index is 2.70. The van der Waals surface area contributed by atoms with E-state index in [4.69, 9.17) is 14.2 Å². The van der Waals surface area contributed by atoms with Gasteiger partial charge in [0.25, 0.3) is 0 Å². The number of aliphatic hydroxyl groups excluding tert-OH is 1. The topological polar surface area (TPSA) is 82.1 Å². The van der Waals surface area contributed by atoms with Crippen molar-refractivity contribution >= 4 is 11.9 Å². The van der Waals surface area contributed by atoms with Gasteiger partial charge in [0.15, 0.2) is 18.5 Å². The molecule has 1 aliphatic heterocycles. The fourth-order valence-corrected chi connectivity index (χ4v) is 1.48. The SMILES string of the molecule is CC(=O)OC1[C@H](O)O[C@H](C)[C@H]1OC(C)=O. The van der Waals surface area contributed by atoms with Gasteiger partial charge < -0.3 is 19.3 Å². The summed E-state index contributed by atoms with van der Waals surface area (Å²) in [7, 11) is 0. The Hall–Kier alpha value is -1.14. The van der Waals surface area contributed by atoms with Crippen LogP contribution in [0.4, 0.5) is 0 Å². The third kappa shape index (κ3) is 2.90. The second-order valence-corrected chi connectivity index (χ2v) is 3.38. The van der Waals surface area contributed by atoms with Gasteiger partial charge in [0.1, 0.15) is 0 Å². The van der Waals surface area contributed by atoms with Crippen LogP contribution in [0.15, 0.2) is 0 Å². The van der Waals surface area contributed by atoms with Crippen molar-refractivity contribution in [1.29, 1.82) is 0 Å². The Morgan fingerprint density at radius 3 is 2.07 bits per heavy atom. The van der Waals surface area contributed by atoms with E-state index in [0.717, 1.165) is 0 Å². The van der Waals surface area contributed by atoms with E-state index >= 15 is 0 Å². The molecule has 1 saturated heterocycles. The first-order valence-electron chi connectivity index (χ1n) is 4.59. The van der Waals surface area contributed by atoms with Gasteiger partial charge in [-0.2, -0.15) is 0 Å². The maximum absolute atomic E-state index is 10.8. The van der Waals surface area contributed by atoms with E-state index in [9.17, 15) is 14.7 Å². The molecule has 1 rings (SSSR count). The molecule has 1 unspecified atom stereocenters. The predicted molar refractivity (Wildman–Crippen MR) is 47.7 cm³/mol. The van der Waals surface area contributed by atoms with Crippen molar-refractivity contribution in [3.8, 4) is 0 Å². The van der Waals surface area contributed by atoms with Crippen molar-refractivity contribution < 1.29 is 28.9 Å². The van der Waals surface area contributed by atoms with Crippen LogP contribution in [-0.2, 0) is 23.8 Å². The largest absolute Gasteiger partial charge is 0.456 e. The Labute approximate surface area is 87.1 Å². The predicted octanol–water partition coefficient (Wildman–Crippen LogP) is -0.413. The molecule has 0 aromatic rings. The molecule has 86 valence electrons. The maximum Gasteiger partial charge on any atom is 0.303 e. The number of esters is 2. The number of hydrogen-bond donors (Lipinski definition) is 1. The summed E-state index contributed by atoms with van der Waals surface area (Å²) in [5.74, 6) is -1.07. The second-order valence-electron chi connectivity index (χ2n) is 3.38. The molecule has 0 amide bonds.